The van der Waals surface area contributed by atoms with E-state index in [0.717, 1.165) is 43.4 Å². The smallest absolute Gasteiger partial charge is 0.229 e. The second kappa shape index (κ2) is 6.41. The Bertz CT molecular complexity index is 581. The summed E-state index contributed by atoms with van der Waals surface area (Å²) in [4.78, 5) is 11.1. The number of methoxy groups -OCH3 is 1. The van der Waals surface area contributed by atoms with Gasteiger partial charge in [-0.3, -0.25) is 0 Å². The molecule has 0 unspecified atom stereocenters. The second-order valence-corrected chi connectivity index (χ2v) is 4.83. The van der Waals surface area contributed by atoms with Crippen LogP contribution in [0.4, 0.5) is 17.5 Å². The van der Waals surface area contributed by atoms with E-state index in [9.17, 15) is 0 Å². The van der Waals surface area contributed by atoms with E-state index in [4.69, 9.17) is 4.74 Å². The molecule has 0 bridgehead atoms. The Hall–Kier alpha value is -2.34. The van der Waals surface area contributed by atoms with Gasteiger partial charge in [0, 0.05) is 38.1 Å². The van der Waals surface area contributed by atoms with Crippen molar-refractivity contribution in [3.63, 3.8) is 0 Å². The zero-order valence-corrected chi connectivity index (χ0v) is 12.0. The highest BCUT2D eigenvalue weighted by molar-refractivity contribution is 5.56. The van der Waals surface area contributed by atoms with Gasteiger partial charge in [-0.25, -0.2) is 4.98 Å². The van der Waals surface area contributed by atoms with Crippen molar-refractivity contribution in [2.45, 2.75) is 0 Å². The molecule has 0 saturated carbocycles. The summed E-state index contributed by atoms with van der Waals surface area (Å²) in [7, 11) is 1.66. The van der Waals surface area contributed by atoms with Crippen molar-refractivity contribution in [3.05, 3.63) is 36.5 Å². The number of hydrogen-bond acceptors (Lipinski definition) is 6. The lowest BCUT2D eigenvalue weighted by Gasteiger charge is -2.28. The van der Waals surface area contributed by atoms with Gasteiger partial charge in [0.15, 0.2) is 0 Å². The molecule has 1 aliphatic heterocycles. The van der Waals surface area contributed by atoms with Crippen LogP contribution in [0.2, 0.25) is 0 Å². The molecule has 1 saturated heterocycles. The molecule has 110 valence electrons. The van der Waals surface area contributed by atoms with E-state index >= 15 is 0 Å². The molecule has 6 nitrogen and oxygen atoms in total. The fraction of sp³-hybridized carbons (Fsp3) is 0.333. The molecular weight excluding hydrogens is 266 g/mol. The van der Waals surface area contributed by atoms with Gasteiger partial charge in [0.1, 0.15) is 11.6 Å². The number of hydrogen-bond donors (Lipinski definition) is 2. The molecule has 0 radical (unpaired) electrons. The largest absolute Gasteiger partial charge is 0.497 e. The molecule has 1 aliphatic rings. The van der Waals surface area contributed by atoms with Crippen LogP contribution in [0.15, 0.2) is 36.5 Å². The Morgan fingerprint density at radius 2 is 1.90 bits per heavy atom. The lowest BCUT2D eigenvalue weighted by atomic mass is 10.3. The van der Waals surface area contributed by atoms with Gasteiger partial charge in [-0.05, 0) is 30.3 Å². The Balaban J connectivity index is 1.72. The van der Waals surface area contributed by atoms with Crippen molar-refractivity contribution in [3.8, 4) is 5.75 Å². The van der Waals surface area contributed by atoms with Gasteiger partial charge in [0.2, 0.25) is 5.95 Å². The average Bonchev–Trinajstić information content (AvgIpc) is 2.57. The summed E-state index contributed by atoms with van der Waals surface area (Å²) in [5.74, 6) is 2.40. The van der Waals surface area contributed by atoms with Crippen LogP contribution < -0.4 is 20.3 Å². The molecule has 0 atom stereocenters. The summed E-state index contributed by atoms with van der Waals surface area (Å²) < 4.78 is 5.15. The molecule has 3 rings (SSSR count). The summed E-state index contributed by atoms with van der Waals surface area (Å²) in [5, 5.41) is 6.55. The third-order valence-electron chi connectivity index (χ3n) is 3.43. The SMILES string of the molecule is COc1ccc(Nc2nccc(N3CCNCC3)n2)cc1. The first-order chi connectivity index (χ1) is 10.3. The molecular formula is C15H19N5O. The van der Waals surface area contributed by atoms with E-state index in [1.807, 2.05) is 30.3 Å². The fourth-order valence-corrected chi connectivity index (χ4v) is 2.28. The third kappa shape index (κ3) is 3.41. The predicted molar refractivity (Wildman–Crippen MR) is 83.4 cm³/mol. The molecule has 2 heterocycles. The van der Waals surface area contributed by atoms with E-state index in [1.54, 1.807) is 13.3 Å². The van der Waals surface area contributed by atoms with Crippen molar-refractivity contribution in [2.24, 2.45) is 0 Å². The number of anilines is 3. The molecule has 0 amide bonds. The van der Waals surface area contributed by atoms with E-state index < -0.39 is 0 Å². The summed E-state index contributed by atoms with van der Waals surface area (Å²) in [6, 6.07) is 9.65. The summed E-state index contributed by atoms with van der Waals surface area (Å²) >= 11 is 0. The molecule has 2 N–H and O–H groups in total. The fourth-order valence-electron chi connectivity index (χ4n) is 2.28. The monoisotopic (exact) mass is 285 g/mol. The lowest BCUT2D eigenvalue weighted by molar-refractivity contribution is 0.415. The first-order valence-corrected chi connectivity index (χ1v) is 7.05. The first-order valence-electron chi connectivity index (χ1n) is 7.05. The third-order valence-corrected chi connectivity index (χ3v) is 3.43. The van der Waals surface area contributed by atoms with Crippen molar-refractivity contribution in [2.75, 3.05) is 43.5 Å². The van der Waals surface area contributed by atoms with Crippen LogP contribution in [0.1, 0.15) is 0 Å². The molecule has 1 aromatic carbocycles. The van der Waals surface area contributed by atoms with Gasteiger partial charge in [0.25, 0.3) is 0 Å². The quantitative estimate of drug-likeness (QED) is 0.890. The molecule has 0 spiro atoms. The molecule has 1 fully saturated rings. The second-order valence-electron chi connectivity index (χ2n) is 4.83. The highest BCUT2D eigenvalue weighted by Gasteiger charge is 2.12. The van der Waals surface area contributed by atoms with E-state index in [1.165, 1.54) is 0 Å². The predicted octanol–water partition coefficient (Wildman–Crippen LogP) is 1.64. The highest BCUT2D eigenvalue weighted by Crippen LogP contribution is 2.19. The van der Waals surface area contributed by atoms with E-state index in [0.29, 0.717) is 5.95 Å². The number of nitrogens with one attached hydrogen (secondary N) is 2. The summed E-state index contributed by atoms with van der Waals surface area (Å²) in [6.07, 6.45) is 1.79. The van der Waals surface area contributed by atoms with Crippen molar-refractivity contribution in [1.82, 2.24) is 15.3 Å². The van der Waals surface area contributed by atoms with Gasteiger partial charge in [-0.1, -0.05) is 0 Å². The minimum absolute atomic E-state index is 0.608. The molecule has 21 heavy (non-hydrogen) atoms. The highest BCUT2D eigenvalue weighted by atomic mass is 16.5. The van der Waals surface area contributed by atoms with Crippen molar-refractivity contribution in [1.29, 1.82) is 0 Å². The topological polar surface area (TPSA) is 62.3 Å². The van der Waals surface area contributed by atoms with Gasteiger partial charge < -0.3 is 20.3 Å². The number of rotatable bonds is 4. The van der Waals surface area contributed by atoms with Crippen LogP contribution in [0.25, 0.3) is 0 Å². The Morgan fingerprint density at radius 1 is 1.14 bits per heavy atom. The zero-order chi connectivity index (χ0) is 14.5. The maximum absolute atomic E-state index is 5.15. The van der Waals surface area contributed by atoms with Gasteiger partial charge in [-0.2, -0.15) is 4.98 Å². The average molecular weight is 285 g/mol. The number of ether oxygens (including phenoxy) is 1. The number of aromatic nitrogens is 2. The minimum Gasteiger partial charge on any atom is -0.497 e. The van der Waals surface area contributed by atoms with Gasteiger partial charge in [0.05, 0.1) is 7.11 Å². The molecule has 2 aromatic rings. The van der Waals surface area contributed by atoms with Crippen LogP contribution in [0, 0.1) is 0 Å². The summed E-state index contributed by atoms with van der Waals surface area (Å²) in [6.45, 7) is 3.93. The number of benzene rings is 1. The Labute approximate surface area is 124 Å². The minimum atomic E-state index is 0.608. The zero-order valence-electron chi connectivity index (χ0n) is 12.0. The van der Waals surface area contributed by atoms with Crippen LogP contribution in [0.3, 0.4) is 0 Å². The van der Waals surface area contributed by atoms with Crippen molar-refractivity contribution >= 4 is 17.5 Å². The van der Waals surface area contributed by atoms with Crippen LogP contribution in [-0.4, -0.2) is 43.3 Å². The molecule has 6 heteroatoms. The van der Waals surface area contributed by atoms with Crippen LogP contribution in [0.5, 0.6) is 5.75 Å². The molecule has 0 aliphatic carbocycles. The van der Waals surface area contributed by atoms with E-state index in [2.05, 4.69) is 25.5 Å². The summed E-state index contributed by atoms with van der Waals surface area (Å²) in [5.41, 5.74) is 0.938. The van der Waals surface area contributed by atoms with Crippen LogP contribution >= 0.6 is 0 Å². The van der Waals surface area contributed by atoms with Gasteiger partial charge >= 0.3 is 0 Å². The standard InChI is InChI=1S/C15H19N5O/c1-21-13-4-2-12(3-5-13)18-15-17-7-6-14(19-15)20-10-8-16-9-11-20/h2-7,16H,8-11H2,1H3,(H,17,18,19). The Morgan fingerprint density at radius 3 is 2.62 bits per heavy atom. The lowest BCUT2D eigenvalue weighted by Crippen LogP contribution is -2.43. The van der Waals surface area contributed by atoms with Gasteiger partial charge in [-0.15, -0.1) is 0 Å². The Kier molecular flexibility index (Phi) is 4.16. The maximum Gasteiger partial charge on any atom is 0.229 e. The van der Waals surface area contributed by atoms with Crippen molar-refractivity contribution < 1.29 is 4.74 Å². The maximum atomic E-state index is 5.15. The normalized spacial score (nSPS) is 14.8. The number of nitrogens with zero attached hydrogens (tertiary/aromatic N) is 3. The van der Waals surface area contributed by atoms with E-state index in [-0.39, 0.29) is 0 Å². The number of piperazine rings is 1. The molecule has 1 aromatic heterocycles. The van der Waals surface area contributed by atoms with Crippen LogP contribution in [-0.2, 0) is 0 Å². The first kappa shape index (κ1) is 13.6.